The molecule has 56 heavy (non-hydrogen) atoms. The van der Waals surface area contributed by atoms with Crippen LogP contribution >= 0.6 is 0 Å². The number of hydrogen-bond acceptors (Lipinski definition) is 8. The van der Waals surface area contributed by atoms with Crippen LogP contribution in [-0.2, 0) is 33.3 Å². The van der Waals surface area contributed by atoms with E-state index in [1.54, 1.807) is 0 Å². The molecule has 0 fully saturated rings. The molecule has 0 saturated heterocycles. The molecule has 0 aliphatic heterocycles. The molecule has 9 nitrogen and oxygen atoms in total. The summed E-state index contributed by atoms with van der Waals surface area (Å²) in [5, 5.41) is 11.7. The number of unbranched alkanes of at least 4 members (excludes halogenated alkanes) is 17. The zero-order chi connectivity index (χ0) is 41.4. The number of carboxylic acids is 1. The number of likely N-dealkylation sites (N-methyl/N-ethyl adjacent to an activating group) is 1. The molecule has 2 atom stereocenters. The Kier molecular flexibility index (Phi) is 37.2. The van der Waals surface area contributed by atoms with E-state index in [4.69, 9.17) is 18.9 Å². The van der Waals surface area contributed by atoms with Gasteiger partial charge in [0.05, 0.1) is 40.3 Å². The molecule has 0 aromatic heterocycles. The molecule has 0 aliphatic rings. The topological polar surface area (TPSA) is 111 Å². The number of allylic oxidation sites excluding steroid dienone is 8. The van der Waals surface area contributed by atoms with E-state index in [1.165, 1.54) is 57.8 Å². The maximum atomic E-state index is 12.7. The fourth-order valence-electron chi connectivity index (χ4n) is 5.78. The molecule has 0 saturated carbocycles. The second-order valence-corrected chi connectivity index (χ2v) is 16.0. The summed E-state index contributed by atoms with van der Waals surface area (Å²) < 4.78 is 22.5. The second-order valence-electron chi connectivity index (χ2n) is 16.0. The molecule has 0 rings (SSSR count). The molecule has 0 bridgehead atoms. The van der Waals surface area contributed by atoms with Crippen LogP contribution in [0.15, 0.2) is 48.6 Å². The molecule has 0 spiro atoms. The molecular weight excluding hydrogens is 707 g/mol. The summed E-state index contributed by atoms with van der Waals surface area (Å²) in [6, 6.07) is 0. The molecule has 9 heteroatoms. The van der Waals surface area contributed by atoms with Crippen molar-refractivity contribution in [3.63, 3.8) is 0 Å². The smallest absolute Gasteiger partial charge is 0.306 e. The summed E-state index contributed by atoms with van der Waals surface area (Å²) in [6.07, 6.45) is 41.3. The highest BCUT2D eigenvalue weighted by molar-refractivity contribution is 5.70. The lowest BCUT2D eigenvalue weighted by molar-refractivity contribution is -0.870. The monoisotopic (exact) mass is 790 g/mol. The molecule has 2 unspecified atom stereocenters. The van der Waals surface area contributed by atoms with Crippen molar-refractivity contribution in [1.29, 1.82) is 0 Å². The molecule has 0 amide bonds. The number of esters is 2. The van der Waals surface area contributed by atoms with Gasteiger partial charge in [0.25, 0.3) is 0 Å². The van der Waals surface area contributed by atoms with Gasteiger partial charge in [0.1, 0.15) is 13.2 Å². The van der Waals surface area contributed by atoms with Crippen molar-refractivity contribution in [2.24, 2.45) is 0 Å². The van der Waals surface area contributed by atoms with E-state index in [2.05, 4.69) is 62.5 Å². The van der Waals surface area contributed by atoms with Gasteiger partial charge in [0.2, 0.25) is 0 Å². The van der Waals surface area contributed by atoms with Gasteiger partial charge >= 0.3 is 11.9 Å². The predicted molar refractivity (Wildman–Crippen MR) is 228 cm³/mol. The largest absolute Gasteiger partial charge is 0.545 e. The zero-order valence-electron chi connectivity index (χ0n) is 36.5. The number of carboxylic acid groups (broad SMARTS) is 1. The van der Waals surface area contributed by atoms with Crippen LogP contribution in [0.2, 0.25) is 0 Å². The predicted octanol–water partition coefficient (Wildman–Crippen LogP) is 10.3. The maximum absolute atomic E-state index is 12.7. The molecule has 0 aliphatic carbocycles. The van der Waals surface area contributed by atoms with Gasteiger partial charge in [-0.1, -0.05) is 140 Å². The van der Waals surface area contributed by atoms with E-state index in [0.717, 1.165) is 83.5 Å². The fraction of sp³-hybridized carbons (Fsp3) is 0.766. The SMILES string of the molecule is CCC/C=C\C/C=C\CCCCCCCC(=O)OCC(COC(OCC[N+](C)(C)C)C(=O)[O-])OC(=O)CCCCCCCCC/C=C\C/C=C\CCCCCC. The first-order valence-corrected chi connectivity index (χ1v) is 22.3. The quantitative estimate of drug-likeness (QED) is 0.0198. The first-order valence-electron chi connectivity index (χ1n) is 22.3. The van der Waals surface area contributed by atoms with Crippen molar-refractivity contribution < 1.29 is 42.9 Å². The normalized spacial score (nSPS) is 13.4. The number of nitrogens with zero attached hydrogens (tertiary/aromatic N) is 1. The van der Waals surface area contributed by atoms with Gasteiger partial charge in [-0.2, -0.15) is 0 Å². The highest BCUT2D eigenvalue weighted by atomic mass is 16.7. The van der Waals surface area contributed by atoms with Gasteiger partial charge < -0.3 is 33.3 Å². The van der Waals surface area contributed by atoms with E-state index in [0.29, 0.717) is 17.4 Å². The van der Waals surface area contributed by atoms with Crippen LogP contribution in [0, 0.1) is 0 Å². The van der Waals surface area contributed by atoms with Crippen molar-refractivity contribution >= 4 is 17.9 Å². The van der Waals surface area contributed by atoms with Crippen molar-refractivity contribution in [2.45, 2.75) is 187 Å². The standard InChI is InChI=1S/C47H83NO8/c1-6-8-10-12-14-16-18-20-21-22-23-24-26-28-30-32-34-36-38-45(50)56-43(42-55-47(46(51)52)53-40-39-48(3,4)5)41-54-44(49)37-35-33-31-29-27-25-19-17-15-13-11-9-7-2/h11,13,16-19,21-22,43,47H,6-10,12,14-15,20,23-42H2,1-5H3/b13-11-,18-16-,19-17-,22-21-. The molecule has 0 N–H and O–H groups in total. The average Bonchev–Trinajstić information content (AvgIpc) is 3.15. The van der Waals surface area contributed by atoms with E-state index in [9.17, 15) is 19.5 Å². The molecular formula is C47H83NO8. The van der Waals surface area contributed by atoms with Crippen LogP contribution in [0.1, 0.15) is 174 Å². The number of hydrogen-bond donors (Lipinski definition) is 0. The zero-order valence-corrected chi connectivity index (χ0v) is 36.5. The van der Waals surface area contributed by atoms with Crippen molar-refractivity contribution in [3.05, 3.63) is 48.6 Å². The number of carbonyl (C=O) groups is 3. The average molecular weight is 790 g/mol. The fourth-order valence-corrected chi connectivity index (χ4v) is 5.78. The lowest BCUT2D eigenvalue weighted by Gasteiger charge is -2.26. The Hall–Kier alpha value is -2.75. The van der Waals surface area contributed by atoms with Crippen LogP contribution in [0.3, 0.4) is 0 Å². The number of carbonyl (C=O) groups excluding carboxylic acids is 3. The Bertz CT molecular complexity index is 1060. The molecule has 0 aromatic rings. The van der Waals surface area contributed by atoms with E-state index < -0.39 is 24.3 Å². The van der Waals surface area contributed by atoms with Crippen LogP contribution in [0.4, 0.5) is 0 Å². The lowest BCUT2D eigenvalue weighted by atomic mass is 10.1. The van der Waals surface area contributed by atoms with Crippen molar-refractivity contribution in [3.8, 4) is 0 Å². The summed E-state index contributed by atoms with van der Waals surface area (Å²) >= 11 is 0. The van der Waals surface area contributed by atoms with Gasteiger partial charge in [-0.25, -0.2) is 0 Å². The third kappa shape index (κ3) is 39.5. The molecule has 0 heterocycles. The van der Waals surface area contributed by atoms with Crippen molar-refractivity contribution in [2.75, 3.05) is 47.5 Å². The molecule has 0 aromatic carbocycles. The summed E-state index contributed by atoms with van der Waals surface area (Å²) in [7, 11) is 5.89. The summed E-state index contributed by atoms with van der Waals surface area (Å²) in [5.41, 5.74) is 0. The minimum atomic E-state index is -1.63. The Morgan fingerprint density at radius 3 is 1.48 bits per heavy atom. The number of aliphatic carboxylic acids is 1. The summed E-state index contributed by atoms with van der Waals surface area (Å²) in [4.78, 5) is 36.9. The minimum absolute atomic E-state index is 0.142. The number of rotatable bonds is 40. The number of quaternary nitrogens is 1. The number of ether oxygens (including phenoxy) is 4. The Morgan fingerprint density at radius 1 is 0.536 bits per heavy atom. The van der Waals surface area contributed by atoms with Gasteiger partial charge in [0.15, 0.2) is 12.4 Å². The van der Waals surface area contributed by atoms with Crippen LogP contribution < -0.4 is 5.11 Å². The Balaban J connectivity index is 4.47. The summed E-state index contributed by atoms with van der Waals surface area (Å²) in [6.45, 7) is 4.62. The Labute approximate surface area is 342 Å². The summed E-state index contributed by atoms with van der Waals surface area (Å²) in [5.74, 6) is -2.32. The van der Waals surface area contributed by atoms with Gasteiger partial charge in [-0.3, -0.25) is 9.59 Å². The van der Waals surface area contributed by atoms with Crippen molar-refractivity contribution in [1.82, 2.24) is 0 Å². The van der Waals surface area contributed by atoms with Gasteiger partial charge in [0, 0.05) is 12.8 Å². The first-order chi connectivity index (χ1) is 27.1. The Morgan fingerprint density at radius 2 is 1.00 bits per heavy atom. The van der Waals surface area contributed by atoms with E-state index >= 15 is 0 Å². The van der Waals surface area contributed by atoms with Gasteiger partial charge in [-0.15, -0.1) is 0 Å². The maximum Gasteiger partial charge on any atom is 0.306 e. The third-order valence-electron chi connectivity index (χ3n) is 9.28. The molecule has 324 valence electrons. The van der Waals surface area contributed by atoms with E-state index in [1.807, 2.05) is 21.1 Å². The molecule has 0 radical (unpaired) electrons. The highest BCUT2D eigenvalue weighted by Crippen LogP contribution is 2.13. The van der Waals surface area contributed by atoms with Gasteiger partial charge in [-0.05, 0) is 70.6 Å². The third-order valence-corrected chi connectivity index (χ3v) is 9.28. The van der Waals surface area contributed by atoms with Crippen LogP contribution in [0.25, 0.3) is 0 Å². The van der Waals surface area contributed by atoms with Crippen LogP contribution in [0.5, 0.6) is 0 Å². The minimum Gasteiger partial charge on any atom is -0.545 e. The van der Waals surface area contributed by atoms with Crippen LogP contribution in [-0.4, -0.2) is 82.3 Å². The van der Waals surface area contributed by atoms with E-state index in [-0.39, 0.29) is 38.6 Å². The lowest BCUT2D eigenvalue weighted by Crippen LogP contribution is -2.44. The second kappa shape index (κ2) is 39.1. The first kappa shape index (κ1) is 53.2. The highest BCUT2D eigenvalue weighted by Gasteiger charge is 2.21.